The van der Waals surface area contributed by atoms with Gasteiger partial charge in [0.1, 0.15) is 0 Å². The van der Waals surface area contributed by atoms with Crippen molar-refractivity contribution >= 4 is 15.8 Å². The monoisotopic (exact) mass is 150 g/mol. The van der Waals surface area contributed by atoms with Crippen LogP contribution in [0.3, 0.4) is 0 Å². The standard InChI is InChI=1S/C7H6O2Si/c1-2-4-6-7(5-3-1)9-10-8-6/h1-5,10H. The molecule has 0 spiro atoms. The Kier molecular flexibility index (Phi) is 1.28. The van der Waals surface area contributed by atoms with Gasteiger partial charge in [0, 0.05) is 6.08 Å². The molecule has 0 saturated carbocycles. The summed E-state index contributed by atoms with van der Waals surface area (Å²) in [4.78, 5) is 0. The van der Waals surface area contributed by atoms with Gasteiger partial charge in [-0.2, -0.15) is 0 Å². The Balaban J connectivity index is 2.42. The summed E-state index contributed by atoms with van der Waals surface area (Å²) in [6.45, 7) is 0. The van der Waals surface area contributed by atoms with Crippen molar-refractivity contribution in [2.24, 2.45) is 0 Å². The molecule has 2 rings (SSSR count). The molecule has 0 aromatic carbocycles. The van der Waals surface area contributed by atoms with Gasteiger partial charge in [-0.25, -0.2) is 0 Å². The van der Waals surface area contributed by atoms with E-state index in [1.807, 2.05) is 30.4 Å². The van der Waals surface area contributed by atoms with Crippen molar-refractivity contribution in [1.29, 1.82) is 0 Å². The molecule has 0 radical (unpaired) electrons. The van der Waals surface area contributed by atoms with E-state index in [0.717, 1.165) is 11.5 Å². The summed E-state index contributed by atoms with van der Waals surface area (Å²) in [5.41, 5.74) is 0. The number of fused-ring (bicyclic) bond motifs is 1. The van der Waals surface area contributed by atoms with Crippen LogP contribution in [0.1, 0.15) is 0 Å². The molecule has 0 aromatic rings. The summed E-state index contributed by atoms with van der Waals surface area (Å²) in [6, 6.07) is 0. The van der Waals surface area contributed by atoms with E-state index < -0.39 is 0 Å². The Hall–Kier alpha value is -1.09. The maximum Gasteiger partial charge on any atom is 0.440 e. The highest BCUT2D eigenvalue weighted by molar-refractivity contribution is 6.25. The van der Waals surface area contributed by atoms with Crippen molar-refractivity contribution in [1.82, 2.24) is 0 Å². The van der Waals surface area contributed by atoms with Crippen molar-refractivity contribution in [3.63, 3.8) is 0 Å². The van der Waals surface area contributed by atoms with E-state index >= 15 is 0 Å². The van der Waals surface area contributed by atoms with Crippen LogP contribution in [0.25, 0.3) is 0 Å². The molecule has 0 N–H and O–H groups in total. The average Bonchev–Trinajstić information content (AvgIpc) is 2.28. The van der Waals surface area contributed by atoms with Gasteiger partial charge >= 0.3 is 15.8 Å². The van der Waals surface area contributed by atoms with Gasteiger partial charge in [0.25, 0.3) is 0 Å². The molecule has 0 aromatic heterocycles. The first kappa shape index (κ1) is 5.67. The zero-order valence-corrected chi connectivity index (χ0v) is 6.44. The summed E-state index contributed by atoms with van der Waals surface area (Å²) in [7, 11) is -0.305. The number of hydrogen-bond acceptors (Lipinski definition) is 1. The summed E-state index contributed by atoms with van der Waals surface area (Å²) in [6.07, 6.45) is 9.64. The van der Waals surface area contributed by atoms with E-state index in [9.17, 15) is 0 Å². The predicted molar refractivity (Wildman–Crippen MR) is 39.6 cm³/mol. The van der Waals surface area contributed by atoms with E-state index in [2.05, 4.69) is 0 Å². The molecule has 1 aliphatic heterocycles. The fourth-order valence-electron chi connectivity index (χ4n) is 0.837. The molecule has 0 atom stereocenters. The lowest BCUT2D eigenvalue weighted by Crippen LogP contribution is -1.92. The van der Waals surface area contributed by atoms with Crippen LogP contribution in [0, 0.1) is 0 Å². The summed E-state index contributed by atoms with van der Waals surface area (Å²) < 4.78 is 10.4. The SMILES string of the molecule is C1=CC=C2O[SiH-][O+]=C2C=C1. The fraction of sp³-hybridized carbons (Fsp3) is 0. The molecule has 1 aliphatic carbocycles. The van der Waals surface area contributed by atoms with Gasteiger partial charge in [0.05, 0.1) is 0 Å². The summed E-state index contributed by atoms with van der Waals surface area (Å²) in [5, 5.41) is 0. The number of rotatable bonds is 0. The van der Waals surface area contributed by atoms with Gasteiger partial charge in [-0.15, -0.1) is 0 Å². The highest BCUT2D eigenvalue weighted by Crippen LogP contribution is 2.08. The van der Waals surface area contributed by atoms with Gasteiger partial charge in [-0.05, 0) is 6.08 Å². The summed E-state index contributed by atoms with van der Waals surface area (Å²) in [5.74, 6) is 1.72. The molecule has 0 fully saturated rings. The molecule has 2 nitrogen and oxygen atoms in total. The smallest absolute Gasteiger partial charge is 0.440 e. The van der Waals surface area contributed by atoms with E-state index in [-0.39, 0.29) is 10.0 Å². The Bertz CT molecular complexity index is 261. The number of hydrogen-bond donors (Lipinski definition) is 0. The second-order valence-corrected chi connectivity index (χ2v) is 2.63. The van der Waals surface area contributed by atoms with Crippen LogP contribution in [0.2, 0.25) is 0 Å². The first-order valence-electron chi connectivity index (χ1n) is 3.04. The van der Waals surface area contributed by atoms with E-state index in [1.165, 1.54) is 0 Å². The average molecular weight is 150 g/mol. The van der Waals surface area contributed by atoms with Crippen LogP contribution in [0.5, 0.6) is 0 Å². The van der Waals surface area contributed by atoms with Crippen LogP contribution in [-0.4, -0.2) is 15.8 Å². The maximum absolute atomic E-state index is 5.22. The van der Waals surface area contributed by atoms with Crippen LogP contribution < -0.4 is 0 Å². The minimum Gasteiger partial charge on any atom is -0.612 e. The van der Waals surface area contributed by atoms with Gasteiger partial charge in [0.2, 0.25) is 0 Å². The Morgan fingerprint density at radius 2 is 2.30 bits per heavy atom. The normalized spacial score (nSPS) is 20.0. The number of carbonyl (C=O) groups excluding carboxylic acids is 1. The van der Waals surface area contributed by atoms with Gasteiger partial charge < -0.3 is 8.54 Å². The minimum absolute atomic E-state index is 0.305. The zero-order valence-electron chi connectivity index (χ0n) is 5.28. The van der Waals surface area contributed by atoms with Crippen molar-refractivity contribution in [2.75, 3.05) is 0 Å². The van der Waals surface area contributed by atoms with Crippen LogP contribution in [-0.2, 0) is 8.54 Å². The molecule has 0 bridgehead atoms. The van der Waals surface area contributed by atoms with Crippen molar-refractivity contribution < 1.29 is 8.54 Å². The van der Waals surface area contributed by atoms with Crippen molar-refractivity contribution in [2.45, 2.75) is 0 Å². The molecule has 0 amide bonds. The summed E-state index contributed by atoms with van der Waals surface area (Å²) >= 11 is 0. The molecule has 0 unspecified atom stereocenters. The fourth-order valence-corrected chi connectivity index (χ4v) is 1.48. The number of allylic oxidation sites excluding steroid dienone is 5. The second-order valence-electron chi connectivity index (χ2n) is 1.97. The lowest BCUT2D eigenvalue weighted by atomic mass is 10.3. The lowest BCUT2D eigenvalue weighted by molar-refractivity contribution is -0.287. The van der Waals surface area contributed by atoms with Crippen LogP contribution in [0.4, 0.5) is 0 Å². The largest absolute Gasteiger partial charge is 0.612 e. The van der Waals surface area contributed by atoms with Crippen LogP contribution in [0.15, 0.2) is 36.1 Å². The van der Waals surface area contributed by atoms with Gasteiger partial charge in [-0.3, -0.25) is 0 Å². The molecule has 2 aliphatic rings. The zero-order chi connectivity index (χ0) is 6.81. The molecular formula is C7H6O2Si. The van der Waals surface area contributed by atoms with Crippen LogP contribution >= 0.6 is 0 Å². The van der Waals surface area contributed by atoms with E-state index in [0.29, 0.717) is 0 Å². The second kappa shape index (κ2) is 2.26. The molecule has 3 heteroatoms. The first-order chi connectivity index (χ1) is 4.97. The highest BCUT2D eigenvalue weighted by Gasteiger charge is 2.17. The third kappa shape index (κ3) is 0.843. The third-order valence-corrected chi connectivity index (χ3v) is 2.01. The van der Waals surface area contributed by atoms with Crippen molar-refractivity contribution in [3.05, 3.63) is 36.1 Å². The van der Waals surface area contributed by atoms with Crippen molar-refractivity contribution in [3.8, 4) is 0 Å². The number of ketones is 1. The van der Waals surface area contributed by atoms with E-state index in [4.69, 9.17) is 8.54 Å². The van der Waals surface area contributed by atoms with Gasteiger partial charge in [-0.1, -0.05) is 18.2 Å². The predicted octanol–water partition coefficient (Wildman–Crippen LogP) is 0.398. The topological polar surface area (TPSA) is 20.5 Å². The molecule has 50 valence electrons. The molecule has 1 heterocycles. The maximum atomic E-state index is 5.22. The Morgan fingerprint density at radius 1 is 1.30 bits per heavy atom. The Morgan fingerprint density at radius 3 is 3.30 bits per heavy atom. The van der Waals surface area contributed by atoms with Gasteiger partial charge in [0.15, 0.2) is 5.76 Å². The first-order valence-corrected chi connectivity index (χ1v) is 3.98. The molecule has 10 heavy (non-hydrogen) atoms. The minimum atomic E-state index is -0.305. The quantitative estimate of drug-likeness (QED) is 0.361. The molecule has 0 saturated heterocycles. The molecular weight excluding hydrogens is 144 g/mol. The van der Waals surface area contributed by atoms with E-state index in [1.54, 1.807) is 0 Å². The lowest BCUT2D eigenvalue weighted by Gasteiger charge is -1.92. The highest BCUT2D eigenvalue weighted by atomic mass is 28.2. The third-order valence-electron chi connectivity index (χ3n) is 1.31. The Labute approximate surface area is 61.3 Å².